The second-order valence-electron chi connectivity index (χ2n) is 6.43. The number of amides is 3. The molecule has 21 heavy (non-hydrogen) atoms. The van der Waals surface area contributed by atoms with Crippen LogP contribution >= 0.6 is 0 Å². The normalized spacial score (nSPS) is 15.5. The Kier molecular flexibility index (Phi) is 6.65. The molecule has 0 unspecified atom stereocenters. The maximum Gasteiger partial charge on any atom is 0.312 e. The zero-order valence-corrected chi connectivity index (χ0v) is 13.5. The Bertz CT molecular complexity index is 364. The van der Waals surface area contributed by atoms with E-state index < -0.39 is 11.8 Å². The molecule has 6 nitrogen and oxygen atoms in total. The molecule has 3 amide bonds. The molecule has 1 fully saturated rings. The van der Waals surface area contributed by atoms with Gasteiger partial charge in [0, 0.05) is 39.3 Å². The molecule has 1 heterocycles. The minimum atomic E-state index is -0.443. The zero-order valence-electron chi connectivity index (χ0n) is 13.5. The van der Waals surface area contributed by atoms with E-state index in [1.165, 1.54) is 0 Å². The molecule has 1 aliphatic rings. The summed E-state index contributed by atoms with van der Waals surface area (Å²) in [6.45, 7) is 11.2. The highest BCUT2D eigenvalue weighted by atomic mass is 16.2. The maximum atomic E-state index is 12.4. The molecule has 0 saturated carbocycles. The number of piperazine rings is 1. The van der Waals surface area contributed by atoms with Crippen molar-refractivity contribution in [3.63, 3.8) is 0 Å². The van der Waals surface area contributed by atoms with Crippen molar-refractivity contribution >= 4 is 18.2 Å². The molecule has 0 radical (unpaired) electrons. The SMILES string of the molecule is CC(C)CN(CC(C)C)C(=O)C(=O)N1CCN(C=O)CC1. The van der Waals surface area contributed by atoms with Crippen LogP contribution < -0.4 is 0 Å². The molecule has 0 atom stereocenters. The topological polar surface area (TPSA) is 60.9 Å². The van der Waals surface area contributed by atoms with Crippen molar-refractivity contribution in [1.82, 2.24) is 14.7 Å². The lowest BCUT2D eigenvalue weighted by molar-refractivity contribution is -0.153. The predicted molar refractivity (Wildman–Crippen MR) is 80.5 cm³/mol. The summed E-state index contributed by atoms with van der Waals surface area (Å²) >= 11 is 0. The van der Waals surface area contributed by atoms with E-state index in [1.807, 2.05) is 27.7 Å². The van der Waals surface area contributed by atoms with E-state index in [9.17, 15) is 14.4 Å². The lowest BCUT2D eigenvalue weighted by Gasteiger charge is -2.34. The maximum absolute atomic E-state index is 12.4. The first-order valence-electron chi connectivity index (χ1n) is 7.62. The van der Waals surface area contributed by atoms with Gasteiger partial charge >= 0.3 is 11.8 Å². The standard InChI is InChI=1S/C15H27N3O3/c1-12(2)9-18(10-13(3)4)15(21)14(20)17-7-5-16(11-19)6-8-17/h11-13H,5-10H2,1-4H3. The Hall–Kier alpha value is -1.59. The summed E-state index contributed by atoms with van der Waals surface area (Å²) in [5, 5.41) is 0. The molecule has 0 bridgehead atoms. The Morgan fingerprint density at radius 2 is 1.48 bits per heavy atom. The van der Waals surface area contributed by atoms with Crippen molar-refractivity contribution in [3.8, 4) is 0 Å². The Morgan fingerprint density at radius 1 is 1.00 bits per heavy atom. The van der Waals surface area contributed by atoms with Crippen molar-refractivity contribution in [2.24, 2.45) is 11.8 Å². The molecular weight excluding hydrogens is 270 g/mol. The average molecular weight is 297 g/mol. The molecule has 120 valence electrons. The van der Waals surface area contributed by atoms with Crippen molar-refractivity contribution < 1.29 is 14.4 Å². The van der Waals surface area contributed by atoms with Gasteiger partial charge in [0.05, 0.1) is 0 Å². The van der Waals surface area contributed by atoms with Gasteiger partial charge in [-0.2, -0.15) is 0 Å². The van der Waals surface area contributed by atoms with E-state index in [2.05, 4.69) is 0 Å². The van der Waals surface area contributed by atoms with Gasteiger partial charge in [-0.15, -0.1) is 0 Å². The van der Waals surface area contributed by atoms with E-state index in [0.29, 0.717) is 51.1 Å². The molecule has 1 aliphatic heterocycles. The van der Waals surface area contributed by atoms with E-state index in [0.717, 1.165) is 6.41 Å². The quantitative estimate of drug-likeness (QED) is 0.546. The van der Waals surface area contributed by atoms with Gasteiger partial charge in [0.1, 0.15) is 0 Å². The summed E-state index contributed by atoms with van der Waals surface area (Å²) in [5.74, 6) is -0.210. The van der Waals surface area contributed by atoms with Crippen molar-refractivity contribution in [1.29, 1.82) is 0 Å². The second kappa shape index (κ2) is 8.00. The first-order valence-corrected chi connectivity index (χ1v) is 7.62. The Morgan fingerprint density at radius 3 is 1.86 bits per heavy atom. The van der Waals surface area contributed by atoms with E-state index >= 15 is 0 Å². The number of hydrogen-bond donors (Lipinski definition) is 0. The Labute approximate surface area is 127 Å². The van der Waals surface area contributed by atoms with Gasteiger partial charge in [-0.05, 0) is 11.8 Å². The fourth-order valence-corrected chi connectivity index (χ4v) is 2.42. The number of hydrogen-bond acceptors (Lipinski definition) is 3. The lowest BCUT2D eigenvalue weighted by Crippen LogP contribution is -2.53. The summed E-state index contributed by atoms with van der Waals surface area (Å²) in [4.78, 5) is 40.2. The monoisotopic (exact) mass is 297 g/mol. The summed E-state index contributed by atoms with van der Waals surface area (Å²) in [6, 6.07) is 0. The molecule has 0 aromatic rings. The van der Waals surface area contributed by atoms with Crippen LogP contribution in [0.1, 0.15) is 27.7 Å². The smallest absolute Gasteiger partial charge is 0.312 e. The molecule has 1 saturated heterocycles. The summed E-state index contributed by atoms with van der Waals surface area (Å²) in [7, 11) is 0. The van der Waals surface area contributed by atoms with Crippen molar-refractivity contribution in [3.05, 3.63) is 0 Å². The largest absolute Gasteiger partial charge is 0.342 e. The van der Waals surface area contributed by atoms with Crippen LogP contribution in [-0.4, -0.2) is 72.2 Å². The first kappa shape index (κ1) is 17.5. The number of carbonyl (C=O) groups is 3. The zero-order chi connectivity index (χ0) is 16.0. The molecule has 0 aromatic heterocycles. The predicted octanol–water partition coefficient (Wildman–Crippen LogP) is 0.428. The molecule has 0 spiro atoms. The minimum Gasteiger partial charge on any atom is -0.342 e. The lowest BCUT2D eigenvalue weighted by atomic mass is 10.1. The molecule has 0 aromatic carbocycles. The molecule has 0 N–H and O–H groups in total. The van der Waals surface area contributed by atoms with Crippen LogP contribution in [0.2, 0.25) is 0 Å². The van der Waals surface area contributed by atoms with Crippen LogP contribution in [0.3, 0.4) is 0 Å². The van der Waals surface area contributed by atoms with Gasteiger partial charge in [-0.1, -0.05) is 27.7 Å². The van der Waals surface area contributed by atoms with Gasteiger partial charge in [0.15, 0.2) is 0 Å². The van der Waals surface area contributed by atoms with E-state index in [1.54, 1.807) is 14.7 Å². The van der Waals surface area contributed by atoms with Gasteiger partial charge in [0.2, 0.25) is 6.41 Å². The fraction of sp³-hybridized carbons (Fsp3) is 0.800. The van der Waals surface area contributed by atoms with Crippen LogP contribution in [0, 0.1) is 11.8 Å². The second-order valence-corrected chi connectivity index (χ2v) is 6.43. The van der Waals surface area contributed by atoms with E-state index in [-0.39, 0.29) is 0 Å². The minimum absolute atomic E-state index is 0.326. The third-order valence-electron chi connectivity index (χ3n) is 3.39. The molecular formula is C15H27N3O3. The number of rotatable bonds is 5. The average Bonchev–Trinajstić information content (AvgIpc) is 2.44. The third kappa shape index (κ3) is 5.36. The van der Waals surface area contributed by atoms with Crippen LogP contribution in [-0.2, 0) is 14.4 Å². The first-order chi connectivity index (χ1) is 9.85. The van der Waals surface area contributed by atoms with Gasteiger partial charge in [0.25, 0.3) is 0 Å². The highest BCUT2D eigenvalue weighted by Crippen LogP contribution is 2.08. The molecule has 6 heteroatoms. The fourth-order valence-electron chi connectivity index (χ4n) is 2.42. The summed E-state index contributed by atoms with van der Waals surface area (Å²) in [5.41, 5.74) is 0. The van der Waals surface area contributed by atoms with Crippen molar-refractivity contribution in [2.45, 2.75) is 27.7 Å². The number of carbonyl (C=O) groups excluding carboxylic acids is 3. The highest BCUT2D eigenvalue weighted by Gasteiger charge is 2.29. The number of nitrogens with zero attached hydrogens (tertiary/aromatic N) is 3. The highest BCUT2D eigenvalue weighted by molar-refractivity contribution is 6.34. The van der Waals surface area contributed by atoms with Crippen molar-refractivity contribution in [2.75, 3.05) is 39.3 Å². The van der Waals surface area contributed by atoms with Crippen LogP contribution in [0.25, 0.3) is 0 Å². The van der Waals surface area contributed by atoms with Gasteiger partial charge in [-0.3, -0.25) is 14.4 Å². The molecule has 1 rings (SSSR count). The third-order valence-corrected chi connectivity index (χ3v) is 3.39. The van der Waals surface area contributed by atoms with Crippen LogP contribution in [0.15, 0.2) is 0 Å². The summed E-state index contributed by atoms with van der Waals surface area (Å²) < 4.78 is 0. The summed E-state index contributed by atoms with van der Waals surface area (Å²) in [6.07, 6.45) is 0.785. The van der Waals surface area contributed by atoms with Gasteiger partial charge < -0.3 is 14.7 Å². The van der Waals surface area contributed by atoms with E-state index in [4.69, 9.17) is 0 Å². The van der Waals surface area contributed by atoms with Gasteiger partial charge in [-0.25, -0.2) is 0 Å². The Balaban J connectivity index is 2.65. The van der Waals surface area contributed by atoms with Crippen LogP contribution in [0.4, 0.5) is 0 Å². The van der Waals surface area contributed by atoms with Crippen LogP contribution in [0.5, 0.6) is 0 Å². The molecule has 0 aliphatic carbocycles.